The van der Waals surface area contributed by atoms with E-state index in [1.807, 2.05) is 11.0 Å². The molecule has 0 bridgehead atoms. The van der Waals surface area contributed by atoms with Gasteiger partial charge in [0, 0.05) is 56.3 Å². The Bertz CT molecular complexity index is 1250. The lowest BCUT2D eigenvalue weighted by atomic mass is 9.80. The number of carbonyl (C=O) groups excluding carboxylic acids is 1. The number of benzene rings is 1. The van der Waals surface area contributed by atoms with E-state index >= 15 is 4.39 Å². The van der Waals surface area contributed by atoms with Gasteiger partial charge in [-0.2, -0.15) is 9.97 Å². The second kappa shape index (κ2) is 9.93. The van der Waals surface area contributed by atoms with Gasteiger partial charge in [0.1, 0.15) is 18.2 Å². The lowest BCUT2D eigenvalue weighted by Crippen LogP contribution is -2.51. The molecule has 1 spiro atoms. The maximum atomic E-state index is 15.2. The first-order valence-electron chi connectivity index (χ1n) is 13.8. The molecule has 3 aliphatic heterocycles. The van der Waals surface area contributed by atoms with E-state index in [9.17, 15) is 4.79 Å². The summed E-state index contributed by atoms with van der Waals surface area (Å²) >= 11 is 0. The number of hydrogen-bond donors (Lipinski definition) is 0. The fraction of sp³-hybridized carbons (Fsp3) is 0.552. The lowest BCUT2D eigenvalue weighted by Gasteiger charge is -2.45. The number of amides is 1. The number of likely N-dealkylation sites (tertiary alicyclic amines) is 1. The minimum absolute atomic E-state index is 0.0392. The predicted molar refractivity (Wildman–Crippen MR) is 144 cm³/mol. The molecule has 4 heterocycles. The molecular formula is C29H37FN6O2. The molecule has 2 saturated heterocycles. The van der Waals surface area contributed by atoms with Crippen molar-refractivity contribution in [3.05, 3.63) is 59.1 Å². The number of aromatic nitrogens is 2. The van der Waals surface area contributed by atoms with Gasteiger partial charge in [-0.3, -0.25) is 9.69 Å². The van der Waals surface area contributed by atoms with Crippen molar-refractivity contribution < 1.29 is 13.9 Å². The van der Waals surface area contributed by atoms with Gasteiger partial charge in [0.2, 0.25) is 5.91 Å². The molecular weight excluding hydrogens is 483 g/mol. The molecule has 0 unspecified atom stereocenters. The van der Waals surface area contributed by atoms with Gasteiger partial charge in [-0.15, -0.1) is 0 Å². The van der Waals surface area contributed by atoms with Crippen LogP contribution in [0, 0.1) is 5.82 Å². The molecule has 8 nitrogen and oxygen atoms in total. The summed E-state index contributed by atoms with van der Waals surface area (Å²) in [5.74, 6) is 0.708. The molecule has 2 aromatic rings. The first-order chi connectivity index (χ1) is 18.4. The first-order valence-corrected chi connectivity index (χ1v) is 13.8. The molecule has 1 aromatic carbocycles. The van der Waals surface area contributed by atoms with Gasteiger partial charge in [-0.25, -0.2) is 4.39 Å². The van der Waals surface area contributed by atoms with Crippen molar-refractivity contribution in [3.63, 3.8) is 0 Å². The number of ether oxygens (including phenoxy) is 1. The van der Waals surface area contributed by atoms with E-state index in [0.29, 0.717) is 57.8 Å². The number of aryl methyl sites for hydroxylation is 1. The number of halogens is 1. The molecule has 202 valence electrons. The van der Waals surface area contributed by atoms with E-state index in [1.54, 1.807) is 6.07 Å². The van der Waals surface area contributed by atoms with Gasteiger partial charge in [-0.05, 0) is 64.0 Å². The molecule has 4 aliphatic rings. The fourth-order valence-corrected chi connectivity index (χ4v) is 6.88. The summed E-state index contributed by atoms with van der Waals surface area (Å²) in [6.07, 6.45) is 6.01. The standard InChI is InChI=1S/C29H37FN6O2/c1-4-25(37)35-13-15-36(16-14-35)27-22-18-34(3)29(11-10-20-7-5-9-23(30)26(20)29)17-24(22)31-28(32-27)38-19-21-8-6-12-33(21)2/h4-5,7,9,21H,1,6,8,10-19H2,2-3H3/t21-,29-/m0/s1. The zero-order valence-electron chi connectivity index (χ0n) is 22.5. The number of carbonyl (C=O) groups is 1. The van der Waals surface area contributed by atoms with Crippen LogP contribution in [0.1, 0.15) is 41.6 Å². The maximum Gasteiger partial charge on any atom is 0.318 e. The van der Waals surface area contributed by atoms with Crippen LogP contribution in [0.2, 0.25) is 0 Å². The molecule has 1 amide bonds. The van der Waals surface area contributed by atoms with Crippen molar-refractivity contribution >= 4 is 11.7 Å². The highest BCUT2D eigenvalue weighted by molar-refractivity contribution is 5.87. The highest BCUT2D eigenvalue weighted by atomic mass is 19.1. The Kier molecular flexibility index (Phi) is 6.60. The third-order valence-corrected chi connectivity index (χ3v) is 9.15. The summed E-state index contributed by atoms with van der Waals surface area (Å²) in [4.78, 5) is 30.8. The Morgan fingerprint density at radius 3 is 2.76 bits per heavy atom. The topological polar surface area (TPSA) is 65.0 Å². The maximum absolute atomic E-state index is 15.2. The largest absolute Gasteiger partial charge is 0.462 e. The monoisotopic (exact) mass is 520 g/mol. The molecule has 1 aliphatic carbocycles. The highest BCUT2D eigenvalue weighted by Gasteiger charge is 2.48. The zero-order chi connectivity index (χ0) is 26.4. The van der Waals surface area contributed by atoms with Crippen LogP contribution < -0.4 is 9.64 Å². The quantitative estimate of drug-likeness (QED) is 0.562. The SMILES string of the molecule is C=CC(=O)N1CCN(c2nc(OC[C@@H]3CCCN3C)nc3c2CN(C)[C@@]2(CCc4cccc(F)c42)C3)CC1. The number of anilines is 1. The van der Waals surface area contributed by atoms with Crippen LogP contribution in [0.25, 0.3) is 0 Å². The van der Waals surface area contributed by atoms with Crippen molar-refractivity contribution in [2.45, 2.75) is 50.2 Å². The van der Waals surface area contributed by atoms with E-state index in [2.05, 4.69) is 41.4 Å². The Labute approximate surface area is 224 Å². The van der Waals surface area contributed by atoms with Gasteiger partial charge >= 0.3 is 6.01 Å². The summed E-state index contributed by atoms with van der Waals surface area (Å²) in [6, 6.07) is 6.21. The summed E-state index contributed by atoms with van der Waals surface area (Å²) in [6.45, 7) is 8.49. The number of fused-ring (bicyclic) bond motifs is 3. The van der Waals surface area contributed by atoms with Crippen LogP contribution >= 0.6 is 0 Å². The van der Waals surface area contributed by atoms with Crippen molar-refractivity contribution in [2.75, 3.05) is 58.3 Å². The number of piperazine rings is 1. The van der Waals surface area contributed by atoms with E-state index < -0.39 is 5.54 Å². The van der Waals surface area contributed by atoms with Crippen LogP contribution in [0.3, 0.4) is 0 Å². The molecule has 1 aromatic heterocycles. The molecule has 0 N–H and O–H groups in total. The van der Waals surface area contributed by atoms with Crippen molar-refractivity contribution in [1.82, 2.24) is 24.7 Å². The fourth-order valence-electron chi connectivity index (χ4n) is 6.88. The molecule has 6 rings (SSSR count). The van der Waals surface area contributed by atoms with Gasteiger partial charge in [0.05, 0.1) is 11.2 Å². The van der Waals surface area contributed by atoms with Gasteiger partial charge in [0.25, 0.3) is 0 Å². The van der Waals surface area contributed by atoms with Crippen LogP contribution in [0.4, 0.5) is 10.2 Å². The Morgan fingerprint density at radius 2 is 2.03 bits per heavy atom. The average Bonchev–Trinajstić information content (AvgIpc) is 3.52. The number of likely N-dealkylation sites (N-methyl/N-ethyl adjacent to an activating group) is 2. The summed E-state index contributed by atoms with van der Waals surface area (Å²) in [7, 11) is 4.23. The summed E-state index contributed by atoms with van der Waals surface area (Å²) in [5, 5.41) is 0. The highest BCUT2D eigenvalue weighted by Crippen LogP contribution is 2.49. The predicted octanol–water partition coefficient (Wildman–Crippen LogP) is 2.75. The van der Waals surface area contributed by atoms with Gasteiger partial charge in [-0.1, -0.05) is 18.7 Å². The van der Waals surface area contributed by atoms with E-state index in [0.717, 1.165) is 54.0 Å². The van der Waals surface area contributed by atoms with E-state index in [-0.39, 0.29) is 11.7 Å². The minimum Gasteiger partial charge on any atom is -0.462 e. The number of nitrogens with zero attached hydrogens (tertiary/aromatic N) is 6. The second-order valence-corrected chi connectivity index (χ2v) is 11.2. The molecule has 38 heavy (non-hydrogen) atoms. The summed E-state index contributed by atoms with van der Waals surface area (Å²) < 4.78 is 21.5. The summed E-state index contributed by atoms with van der Waals surface area (Å²) in [5.41, 5.74) is 3.52. The van der Waals surface area contributed by atoms with Gasteiger partial charge < -0.3 is 19.4 Å². The smallest absolute Gasteiger partial charge is 0.318 e. The van der Waals surface area contributed by atoms with Crippen molar-refractivity contribution in [3.8, 4) is 6.01 Å². The molecule has 0 radical (unpaired) electrons. The molecule has 0 saturated carbocycles. The van der Waals surface area contributed by atoms with Crippen LogP contribution in [-0.4, -0.2) is 90.0 Å². The molecule has 2 fully saturated rings. The molecule has 2 atom stereocenters. The third kappa shape index (κ3) is 4.25. The van der Waals surface area contributed by atoms with E-state index in [4.69, 9.17) is 14.7 Å². The first kappa shape index (κ1) is 25.2. The van der Waals surface area contributed by atoms with E-state index in [1.165, 1.54) is 12.5 Å². The Balaban J connectivity index is 1.34. The average molecular weight is 521 g/mol. The van der Waals surface area contributed by atoms with Crippen LogP contribution in [0.15, 0.2) is 30.9 Å². The van der Waals surface area contributed by atoms with Crippen LogP contribution in [-0.2, 0) is 29.7 Å². The minimum atomic E-state index is -0.419. The number of hydrogen-bond acceptors (Lipinski definition) is 7. The van der Waals surface area contributed by atoms with Crippen molar-refractivity contribution in [2.24, 2.45) is 0 Å². The Morgan fingerprint density at radius 1 is 1.21 bits per heavy atom. The lowest BCUT2D eigenvalue weighted by molar-refractivity contribution is -0.126. The molecule has 9 heteroatoms. The third-order valence-electron chi connectivity index (χ3n) is 9.15. The normalized spacial score (nSPS) is 25.5. The number of rotatable bonds is 5. The Hall–Kier alpha value is -3.04. The van der Waals surface area contributed by atoms with Gasteiger partial charge in [0.15, 0.2) is 0 Å². The zero-order valence-corrected chi connectivity index (χ0v) is 22.5. The van der Waals surface area contributed by atoms with Crippen molar-refractivity contribution in [1.29, 1.82) is 0 Å². The second-order valence-electron chi connectivity index (χ2n) is 11.2. The van der Waals surface area contributed by atoms with Crippen LogP contribution in [0.5, 0.6) is 6.01 Å².